The standard InChI is InChI=1S/C25H32ClN3O4S/c1-17(31)27-20(12-10-19(11-13-24(32)33)18-6-2-3-7-18)14-29(16-30)25-28-23(15-34-25)21-8-4-5-9-22(21)26/h4-5,8-9,15-16,18-20H,2-3,6-7,10-14H2,1H3,(H,27,31)(H,32,33)/t19-,20+/m0/s1. The smallest absolute Gasteiger partial charge is 0.303 e. The highest BCUT2D eigenvalue weighted by Gasteiger charge is 2.27. The van der Waals surface area contributed by atoms with Crippen LogP contribution in [0, 0.1) is 11.8 Å². The van der Waals surface area contributed by atoms with Crippen LogP contribution in [0.3, 0.4) is 0 Å². The maximum absolute atomic E-state index is 12.0. The fourth-order valence-corrected chi connectivity index (χ4v) is 5.89. The Hall–Kier alpha value is -2.45. The molecule has 0 bridgehead atoms. The second kappa shape index (κ2) is 12.9. The molecule has 2 atom stereocenters. The van der Waals surface area contributed by atoms with Crippen molar-refractivity contribution in [1.29, 1.82) is 0 Å². The zero-order valence-electron chi connectivity index (χ0n) is 19.4. The molecule has 184 valence electrons. The Bertz CT molecular complexity index is 977. The number of hydrogen-bond acceptors (Lipinski definition) is 5. The third-order valence-electron chi connectivity index (χ3n) is 6.52. The summed E-state index contributed by atoms with van der Waals surface area (Å²) in [5, 5.41) is 15.1. The van der Waals surface area contributed by atoms with Crippen molar-refractivity contribution in [2.24, 2.45) is 11.8 Å². The first kappa shape index (κ1) is 26.2. The normalized spacial score (nSPS) is 15.6. The van der Waals surface area contributed by atoms with Gasteiger partial charge in [-0.2, -0.15) is 0 Å². The van der Waals surface area contributed by atoms with Crippen molar-refractivity contribution in [1.82, 2.24) is 10.3 Å². The summed E-state index contributed by atoms with van der Waals surface area (Å²) in [5.74, 6) is -0.0794. The Balaban J connectivity index is 1.69. The van der Waals surface area contributed by atoms with E-state index in [1.807, 2.05) is 23.6 Å². The van der Waals surface area contributed by atoms with Crippen LogP contribution >= 0.6 is 22.9 Å². The zero-order chi connectivity index (χ0) is 24.5. The lowest BCUT2D eigenvalue weighted by molar-refractivity contribution is -0.137. The number of aromatic nitrogens is 1. The molecule has 1 aliphatic rings. The SMILES string of the molecule is CC(=O)N[C@H](CC[C@@H](CCC(=O)O)C1CCCC1)CN(C=O)c1nc(-c2ccccc2Cl)cs1. The minimum Gasteiger partial charge on any atom is -0.481 e. The average molecular weight is 506 g/mol. The predicted octanol–water partition coefficient (Wildman–Crippen LogP) is 5.38. The van der Waals surface area contributed by atoms with E-state index in [1.165, 1.54) is 36.0 Å². The van der Waals surface area contributed by atoms with Gasteiger partial charge in [0.1, 0.15) is 0 Å². The number of nitrogens with one attached hydrogen (secondary N) is 1. The van der Waals surface area contributed by atoms with Crippen LogP contribution in [-0.2, 0) is 14.4 Å². The first-order valence-electron chi connectivity index (χ1n) is 11.8. The highest BCUT2D eigenvalue weighted by Crippen LogP contribution is 2.37. The number of aliphatic carboxylic acids is 1. The van der Waals surface area contributed by atoms with Gasteiger partial charge in [0.2, 0.25) is 12.3 Å². The van der Waals surface area contributed by atoms with Crippen molar-refractivity contribution >= 4 is 46.4 Å². The number of halogens is 1. The number of rotatable bonds is 13. The molecule has 1 aliphatic carbocycles. The Morgan fingerprint density at radius 3 is 2.65 bits per heavy atom. The van der Waals surface area contributed by atoms with E-state index < -0.39 is 5.97 Å². The molecule has 2 aromatic rings. The predicted molar refractivity (Wildman–Crippen MR) is 135 cm³/mol. The molecule has 2 amide bonds. The topological polar surface area (TPSA) is 99.6 Å². The fraction of sp³-hybridized carbons (Fsp3) is 0.520. The number of carbonyl (C=O) groups excluding carboxylic acids is 2. The summed E-state index contributed by atoms with van der Waals surface area (Å²) >= 11 is 7.64. The number of carbonyl (C=O) groups is 3. The van der Waals surface area contributed by atoms with Gasteiger partial charge in [0.15, 0.2) is 5.13 Å². The lowest BCUT2D eigenvalue weighted by Crippen LogP contribution is -2.43. The fourth-order valence-electron chi connectivity index (χ4n) is 4.86. The number of nitrogens with zero attached hydrogens (tertiary/aromatic N) is 2. The molecule has 1 heterocycles. The van der Waals surface area contributed by atoms with E-state index in [9.17, 15) is 14.4 Å². The number of carboxylic acid groups (broad SMARTS) is 1. The minimum atomic E-state index is -0.772. The number of thiazole rings is 1. The van der Waals surface area contributed by atoms with Crippen molar-refractivity contribution in [3.63, 3.8) is 0 Å². The van der Waals surface area contributed by atoms with Crippen LogP contribution in [0.25, 0.3) is 11.3 Å². The number of anilines is 1. The van der Waals surface area contributed by atoms with Crippen LogP contribution < -0.4 is 10.2 Å². The molecule has 1 fully saturated rings. The Morgan fingerprint density at radius 1 is 1.26 bits per heavy atom. The van der Waals surface area contributed by atoms with Crippen molar-refractivity contribution in [3.8, 4) is 11.3 Å². The summed E-state index contributed by atoms with van der Waals surface area (Å²) in [6.07, 6.45) is 7.71. The summed E-state index contributed by atoms with van der Waals surface area (Å²) < 4.78 is 0. The number of amides is 2. The van der Waals surface area contributed by atoms with Crippen LogP contribution in [-0.4, -0.2) is 41.0 Å². The van der Waals surface area contributed by atoms with Gasteiger partial charge in [-0.1, -0.05) is 55.5 Å². The lowest BCUT2D eigenvalue weighted by Gasteiger charge is -2.27. The molecule has 1 aromatic heterocycles. The number of hydrogen-bond donors (Lipinski definition) is 2. The molecule has 0 saturated heterocycles. The maximum Gasteiger partial charge on any atom is 0.303 e. The molecular weight excluding hydrogens is 474 g/mol. The molecular formula is C25H32ClN3O4S. The van der Waals surface area contributed by atoms with E-state index in [0.29, 0.717) is 47.1 Å². The van der Waals surface area contributed by atoms with E-state index in [1.54, 1.807) is 6.07 Å². The summed E-state index contributed by atoms with van der Waals surface area (Å²) in [4.78, 5) is 41.1. The van der Waals surface area contributed by atoms with Crippen molar-refractivity contribution in [2.45, 2.75) is 64.3 Å². The van der Waals surface area contributed by atoms with Gasteiger partial charge in [-0.15, -0.1) is 11.3 Å². The number of carboxylic acids is 1. The van der Waals surface area contributed by atoms with Gasteiger partial charge in [-0.25, -0.2) is 4.98 Å². The lowest BCUT2D eigenvalue weighted by atomic mass is 9.82. The monoisotopic (exact) mass is 505 g/mol. The van der Waals surface area contributed by atoms with Crippen LogP contribution in [0.15, 0.2) is 29.6 Å². The maximum atomic E-state index is 12.0. The highest BCUT2D eigenvalue weighted by atomic mass is 35.5. The van der Waals surface area contributed by atoms with E-state index in [4.69, 9.17) is 16.7 Å². The summed E-state index contributed by atoms with van der Waals surface area (Å²) in [6, 6.07) is 7.17. The van der Waals surface area contributed by atoms with Crippen LogP contribution in [0.5, 0.6) is 0 Å². The second-order valence-corrected chi connectivity index (χ2v) is 10.2. The highest BCUT2D eigenvalue weighted by molar-refractivity contribution is 7.14. The molecule has 0 radical (unpaired) electrons. The minimum absolute atomic E-state index is 0.158. The van der Waals surface area contributed by atoms with Gasteiger partial charge >= 0.3 is 5.97 Å². The van der Waals surface area contributed by atoms with Crippen molar-refractivity contribution in [3.05, 3.63) is 34.7 Å². The third kappa shape index (κ3) is 7.53. The van der Waals surface area contributed by atoms with E-state index in [0.717, 1.165) is 31.2 Å². The Kier molecular flexibility index (Phi) is 9.89. The van der Waals surface area contributed by atoms with E-state index in [-0.39, 0.29) is 18.4 Å². The average Bonchev–Trinajstić information content (AvgIpc) is 3.49. The van der Waals surface area contributed by atoms with Gasteiger partial charge in [-0.05, 0) is 37.2 Å². The van der Waals surface area contributed by atoms with Crippen molar-refractivity contribution < 1.29 is 19.5 Å². The molecule has 0 aliphatic heterocycles. The molecule has 2 N–H and O–H groups in total. The molecule has 1 aromatic carbocycles. The molecule has 34 heavy (non-hydrogen) atoms. The number of benzene rings is 1. The van der Waals surface area contributed by atoms with Crippen LogP contribution in [0.2, 0.25) is 5.02 Å². The molecule has 0 unspecified atom stereocenters. The van der Waals surface area contributed by atoms with Gasteiger partial charge in [0.05, 0.1) is 5.69 Å². The molecule has 9 heteroatoms. The largest absolute Gasteiger partial charge is 0.481 e. The van der Waals surface area contributed by atoms with Crippen molar-refractivity contribution in [2.75, 3.05) is 11.4 Å². The first-order valence-corrected chi connectivity index (χ1v) is 13.0. The van der Waals surface area contributed by atoms with Gasteiger partial charge in [-0.3, -0.25) is 19.3 Å². The first-order chi connectivity index (χ1) is 16.4. The summed E-state index contributed by atoms with van der Waals surface area (Å²) in [7, 11) is 0. The van der Waals surface area contributed by atoms with E-state index in [2.05, 4.69) is 10.3 Å². The van der Waals surface area contributed by atoms with Crippen LogP contribution in [0.4, 0.5) is 5.13 Å². The third-order valence-corrected chi connectivity index (χ3v) is 7.73. The van der Waals surface area contributed by atoms with Gasteiger partial charge < -0.3 is 10.4 Å². The van der Waals surface area contributed by atoms with Gasteiger partial charge in [0, 0.05) is 41.9 Å². The molecule has 0 spiro atoms. The quantitative estimate of drug-likeness (QED) is 0.356. The van der Waals surface area contributed by atoms with Crippen LogP contribution in [0.1, 0.15) is 58.3 Å². The molecule has 3 rings (SSSR count). The zero-order valence-corrected chi connectivity index (χ0v) is 21.0. The Labute approximate surface area is 209 Å². The molecule has 7 nitrogen and oxygen atoms in total. The molecule has 1 saturated carbocycles. The summed E-state index contributed by atoms with van der Waals surface area (Å²) in [6.45, 7) is 1.77. The van der Waals surface area contributed by atoms with E-state index >= 15 is 0 Å². The Morgan fingerprint density at radius 2 is 2.00 bits per heavy atom. The van der Waals surface area contributed by atoms with Gasteiger partial charge in [0.25, 0.3) is 0 Å². The second-order valence-electron chi connectivity index (χ2n) is 8.96. The summed E-state index contributed by atoms with van der Waals surface area (Å²) in [5.41, 5.74) is 1.50.